The van der Waals surface area contributed by atoms with Gasteiger partial charge in [0, 0.05) is 19.3 Å². The molecule has 0 fully saturated rings. The molecule has 0 heterocycles. The van der Waals surface area contributed by atoms with Crippen LogP contribution >= 0.6 is 0 Å². The molecule has 0 unspecified atom stereocenters. The molecule has 0 bridgehead atoms. The number of hydrogen-bond acceptors (Lipinski definition) is 6. The van der Waals surface area contributed by atoms with Crippen molar-refractivity contribution in [1.82, 2.24) is 0 Å². The van der Waals surface area contributed by atoms with Crippen LogP contribution in [0.25, 0.3) is 0 Å². The van der Waals surface area contributed by atoms with E-state index < -0.39 is 6.10 Å². The maximum atomic E-state index is 12.8. The van der Waals surface area contributed by atoms with E-state index in [0.29, 0.717) is 19.3 Å². The summed E-state index contributed by atoms with van der Waals surface area (Å²) >= 11 is 0. The highest BCUT2D eigenvalue weighted by molar-refractivity contribution is 5.71. The first kappa shape index (κ1) is 58.4. The van der Waals surface area contributed by atoms with Crippen molar-refractivity contribution in [2.45, 2.75) is 304 Å². The lowest BCUT2D eigenvalue weighted by Gasteiger charge is -2.18. The zero-order chi connectivity index (χ0) is 44.0. The lowest BCUT2D eigenvalue weighted by atomic mass is 10.0. The van der Waals surface area contributed by atoms with E-state index in [0.717, 1.165) is 69.6 Å². The van der Waals surface area contributed by atoms with Crippen molar-refractivity contribution in [3.05, 3.63) is 0 Å². The molecular formula is C54H104O6. The van der Waals surface area contributed by atoms with Crippen LogP contribution in [0.4, 0.5) is 0 Å². The van der Waals surface area contributed by atoms with Gasteiger partial charge in [0.25, 0.3) is 0 Å². The predicted molar refractivity (Wildman–Crippen MR) is 256 cm³/mol. The van der Waals surface area contributed by atoms with Crippen LogP contribution in [0.15, 0.2) is 0 Å². The van der Waals surface area contributed by atoms with Gasteiger partial charge in [0.05, 0.1) is 0 Å². The number of carbonyl (C=O) groups excluding carboxylic acids is 3. The monoisotopic (exact) mass is 849 g/mol. The van der Waals surface area contributed by atoms with Crippen LogP contribution in [-0.4, -0.2) is 37.2 Å². The van der Waals surface area contributed by atoms with Gasteiger partial charge in [0.1, 0.15) is 13.2 Å². The van der Waals surface area contributed by atoms with Crippen molar-refractivity contribution in [2.75, 3.05) is 13.2 Å². The summed E-state index contributed by atoms with van der Waals surface area (Å²) in [4.78, 5) is 37.9. The van der Waals surface area contributed by atoms with E-state index in [2.05, 4.69) is 34.6 Å². The Bertz CT molecular complexity index is 916. The van der Waals surface area contributed by atoms with Crippen LogP contribution in [0, 0.1) is 11.8 Å². The molecule has 1 atom stereocenters. The molecule has 0 aromatic rings. The molecule has 0 N–H and O–H groups in total. The normalized spacial score (nSPS) is 12.1. The second-order valence-electron chi connectivity index (χ2n) is 19.5. The van der Waals surface area contributed by atoms with Crippen molar-refractivity contribution < 1.29 is 28.6 Å². The molecule has 0 saturated carbocycles. The standard InChI is InChI=1S/C54H104O6/c1-6-7-8-9-10-11-12-13-19-22-25-28-34-39-44-52(55)58-47-51(48-59-53(56)45-40-35-31-30-33-38-43-50(4)5)60-54(57)46-41-36-29-26-23-20-17-15-14-16-18-21-24-27-32-37-42-49(2)3/h49-51H,6-48H2,1-5H3/t51-/m1/s1. The topological polar surface area (TPSA) is 78.9 Å². The van der Waals surface area contributed by atoms with E-state index in [-0.39, 0.29) is 31.1 Å². The molecule has 356 valence electrons. The zero-order valence-electron chi connectivity index (χ0n) is 41.1. The van der Waals surface area contributed by atoms with Crippen LogP contribution in [0.2, 0.25) is 0 Å². The summed E-state index contributed by atoms with van der Waals surface area (Å²) in [6.45, 7) is 11.3. The molecule has 0 saturated heterocycles. The highest BCUT2D eigenvalue weighted by atomic mass is 16.6. The van der Waals surface area contributed by atoms with Crippen molar-refractivity contribution in [3.8, 4) is 0 Å². The quantitative estimate of drug-likeness (QED) is 0.0345. The van der Waals surface area contributed by atoms with Gasteiger partial charge < -0.3 is 14.2 Å². The molecule has 0 radical (unpaired) electrons. The number of carbonyl (C=O) groups is 3. The van der Waals surface area contributed by atoms with E-state index in [9.17, 15) is 14.4 Å². The minimum absolute atomic E-state index is 0.0641. The maximum Gasteiger partial charge on any atom is 0.306 e. The number of esters is 3. The Kier molecular flexibility index (Phi) is 45.7. The Balaban J connectivity index is 4.24. The van der Waals surface area contributed by atoms with Crippen LogP contribution in [0.3, 0.4) is 0 Å². The lowest BCUT2D eigenvalue weighted by Crippen LogP contribution is -2.30. The molecule has 60 heavy (non-hydrogen) atoms. The molecule has 0 amide bonds. The highest BCUT2D eigenvalue weighted by Crippen LogP contribution is 2.18. The summed E-state index contributed by atoms with van der Waals surface area (Å²) in [6, 6.07) is 0. The Labute approximate surface area is 374 Å². The molecule has 0 aromatic heterocycles. The van der Waals surface area contributed by atoms with Crippen molar-refractivity contribution in [1.29, 1.82) is 0 Å². The minimum Gasteiger partial charge on any atom is -0.462 e. The van der Waals surface area contributed by atoms with E-state index in [1.54, 1.807) is 0 Å². The highest BCUT2D eigenvalue weighted by Gasteiger charge is 2.19. The summed E-state index contributed by atoms with van der Waals surface area (Å²) in [5.41, 5.74) is 0. The first-order valence-corrected chi connectivity index (χ1v) is 26.7. The first-order valence-electron chi connectivity index (χ1n) is 26.7. The van der Waals surface area contributed by atoms with Crippen molar-refractivity contribution >= 4 is 17.9 Å². The van der Waals surface area contributed by atoms with Gasteiger partial charge in [-0.3, -0.25) is 14.4 Å². The van der Waals surface area contributed by atoms with Gasteiger partial charge in [-0.25, -0.2) is 0 Å². The van der Waals surface area contributed by atoms with Gasteiger partial charge in [-0.05, 0) is 31.1 Å². The van der Waals surface area contributed by atoms with E-state index >= 15 is 0 Å². The molecule has 0 aliphatic rings. The minimum atomic E-state index is -0.762. The number of unbranched alkanes of at least 4 members (excludes halogenated alkanes) is 33. The Morgan fingerprint density at radius 2 is 0.550 bits per heavy atom. The Morgan fingerprint density at radius 3 is 0.817 bits per heavy atom. The van der Waals surface area contributed by atoms with E-state index in [1.807, 2.05) is 0 Å². The smallest absolute Gasteiger partial charge is 0.306 e. The number of ether oxygens (including phenoxy) is 3. The molecule has 0 rings (SSSR count). The lowest BCUT2D eigenvalue weighted by molar-refractivity contribution is -0.167. The summed E-state index contributed by atoms with van der Waals surface area (Å²) in [6.07, 6.45) is 48.2. The van der Waals surface area contributed by atoms with E-state index in [4.69, 9.17) is 14.2 Å². The van der Waals surface area contributed by atoms with Gasteiger partial charge in [-0.15, -0.1) is 0 Å². The molecule has 0 spiro atoms. The van der Waals surface area contributed by atoms with Gasteiger partial charge in [-0.1, -0.05) is 259 Å². The van der Waals surface area contributed by atoms with Crippen LogP contribution in [0.5, 0.6) is 0 Å². The molecule has 6 heteroatoms. The largest absolute Gasteiger partial charge is 0.462 e. The van der Waals surface area contributed by atoms with Crippen molar-refractivity contribution in [2.24, 2.45) is 11.8 Å². The van der Waals surface area contributed by atoms with Gasteiger partial charge in [0.2, 0.25) is 0 Å². The second kappa shape index (κ2) is 46.9. The Hall–Kier alpha value is -1.59. The van der Waals surface area contributed by atoms with Gasteiger partial charge in [0.15, 0.2) is 6.10 Å². The zero-order valence-corrected chi connectivity index (χ0v) is 41.1. The maximum absolute atomic E-state index is 12.8. The summed E-state index contributed by atoms with van der Waals surface area (Å²) < 4.78 is 16.8. The van der Waals surface area contributed by atoms with Gasteiger partial charge in [-0.2, -0.15) is 0 Å². The van der Waals surface area contributed by atoms with Crippen LogP contribution < -0.4 is 0 Å². The molecule has 0 aliphatic carbocycles. The fourth-order valence-corrected chi connectivity index (χ4v) is 8.17. The van der Waals surface area contributed by atoms with Crippen molar-refractivity contribution in [3.63, 3.8) is 0 Å². The molecule has 0 aromatic carbocycles. The molecule has 0 aliphatic heterocycles. The third-order valence-electron chi connectivity index (χ3n) is 12.2. The fraction of sp³-hybridized carbons (Fsp3) is 0.944. The first-order chi connectivity index (χ1) is 29.2. The SMILES string of the molecule is CCCCCCCCCCCCCCCCC(=O)OC[C@H](COC(=O)CCCCCCCCC(C)C)OC(=O)CCCCCCCCCCCCCCCCCCC(C)C. The third kappa shape index (κ3) is 47.5. The summed E-state index contributed by atoms with van der Waals surface area (Å²) in [5.74, 6) is 0.765. The average molecular weight is 849 g/mol. The molecular weight excluding hydrogens is 745 g/mol. The summed E-state index contributed by atoms with van der Waals surface area (Å²) in [7, 11) is 0. The Morgan fingerprint density at radius 1 is 0.317 bits per heavy atom. The van der Waals surface area contributed by atoms with Crippen LogP contribution in [-0.2, 0) is 28.6 Å². The van der Waals surface area contributed by atoms with Gasteiger partial charge >= 0.3 is 17.9 Å². The predicted octanol–water partition coefficient (Wildman–Crippen LogP) is 17.3. The van der Waals surface area contributed by atoms with E-state index in [1.165, 1.54) is 186 Å². The average Bonchev–Trinajstić information content (AvgIpc) is 3.22. The fourth-order valence-electron chi connectivity index (χ4n) is 8.17. The van der Waals surface area contributed by atoms with Crippen LogP contribution in [0.1, 0.15) is 298 Å². The number of hydrogen-bond donors (Lipinski definition) is 0. The summed E-state index contributed by atoms with van der Waals surface area (Å²) in [5, 5.41) is 0. The molecule has 6 nitrogen and oxygen atoms in total. The third-order valence-corrected chi connectivity index (χ3v) is 12.2. The number of rotatable bonds is 48. The second-order valence-corrected chi connectivity index (χ2v) is 19.5.